The van der Waals surface area contributed by atoms with Gasteiger partial charge in [-0.3, -0.25) is 0 Å². The van der Waals surface area contributed by atoms with Gasteiger partial charge in [0, 0.05) is 10.0 Å². The molecule has 0 bridgehead atoms. The molecule has 1 atom stereocenters. The summed E-state index contributed by atoms with van der Waals surface area (Å²) in [5, 5.41) is 0. The van der Waals surface area contributed by atoms with Crippen LogP contribution in [0.15, 0.2) is 22.7 Å². The summed E-state index contributed by atoms with van der Waals surface area (Å²) in [6.07, 6.45) is 0. The standard InChI is InChI=1S/C11H14BrNO3/c1-3-16-11(14)10(13)8-6-7(12)4-5-9(8)15-2/h4-6,10H,3,13H2,1-2H3. The van der Waals surface area contributed by atoms with E-state index in [9.17, 15) is 4.79 Å². The molecule has 1 unspecified atom stereocenters. The Bertz CT molecular complexity index is 381. The van der Waals surface area contributed by atoms with Gasteiger partial charge in [-0.25, -0.2) is 4.79 Å². The highest BCUT2D eigenvalue weighted by Gasteiger charge is 2.21. The number of nitrogens with two attached hydrogens (primary N) is 1. The van der Waals surface area contributed by atoms with Crippen LogP contribution in [0, 0.1) is 0 Å². The van der Waals surface area contributed by atoms with Crippen molar-refractivity contribution < 1.29 is 14.3 Å². The number of benzene rings is 1. The molecule has 2 N–H and O–H groups in total. The second-order valence-corrected chi connectivity index (χ2v) is 4.03. The third kappa shape index (κ3) is 2.96. The van der Waals surface area contributed by atoms with Crippen molar-refractivity contribution >= 4 is 21.9 Å². The zero-order valence-corrected chi connectivity index (χ0v) is 10.8. The maximum Gasteiger partial charge on any atom is 0.327 e. The molecule has 1 aromatic rings. The normalized spacial score (nSPS) is 12.0. The molecule has 1 aromatic carbocycles. The lowest BCUT2D eigenvalue weighted by molar-refractivity contribution is -0.144. The Labute approximate surface area is 103 Å². The molecule has 0 aliphatic rings. The van der Waals surface area contributed by atoms with Crippen LogP contribution in [0.4, 0.5) is 0 Å². The molecule has 88 valence electrons. The zero-order valence-electron chi connectivity index (χ0n) is 9.20. The van der Waals surface area contributed by atoms with Crippen molar-refractivity contribution in [1.29, 1.82) is 0 Å². The summed E-state index contributed by atoms with van der Waals surface area (Å²) in [4.78, 5) is 11.5. The quantitative estimate of drug-likeness (QED) is 0.861. The monoisotopic (exact) mass is 287 g/mol. The number of esters is 1. The average molecular weight is 288 g/mol. The van der Waals surface area contributed by atoms with Crippen molar-refractivity contribution in [2.45, 2.75) is 13.0 Å². The van der Waals surface area contributed by atoms with Crippen LogP contribution in [0.1, 0.15) is 18.5 Å². The molecule has 16 heavy (non-hydrogen) atoms. The van der Waals surface area contributed by atoms with E-state index in [1.807, 2.05) is 6.07 Å². The van der Waals surface area contributed by atoms with Crippen LogP contribution in [-0.4, -0.2) is 19.7 Å². The summed E-state index contributed by atoms with van der Waals surface area (Å²) in [6, 6.07) is 4.49. The molecule has 0 amide bonds. The first kappa shape index (κ1) is 13.0. The van der Waals surface area contributed by atoms with Crippen LogP contribution in [-0.2, 0) is 9.53 Å². The summed E-state index contributed by atoms with van der Waals surface area (Å²) in [5.74, 6) is 0.114. The third-order valence-corrected chi connectivity index (χ3v) is 2.56. The highest BCUT2D eigenvalue weighted by Crippen LogP contribution is 2.27. The number of methoxy groups -OCH3 is 1. The molecule has 0 saturated heterocycles. The molecular weight excluding hydrogens is 274 g/mol. The molecule has 4 nitrogen and oxygen atoms in total. The van der Waals surface area contributed by atoms with E-state index in [0.717, 1.165) is 4.47 Å². The van der Waals surface area contributed by atoms with Gasteiger partial charge in [0.2, 0.25) is 0 Å². The lowest BCUT2D eigenvalue weighted by Crippen LogP contribution is -2.24. The number of halogens is 1. The van der Waals surface area contributed by atoms with Crippen molar-refractivity contribution in [3.8, 4) is 5.75 Å². The van der Waals surface area contributed by atoms with Gasteiger partial charge in [0.25, 0.3) is 0 Å². The largest absolute Gasteiger partial charge is 0.496 e. The fraction of sp³-hybridized carbons (Fsp3) is 0.364. The number of carbonyl (C=O) groups excluding carboxylic acids is 1. The summed E-state index contributed by atoms with van der Waals surface area (Å²) in [7, 11) is 1.53. The Kier molecular flexibility index (Phi) is 4.76. The highest BCUT2D eigenvalue weighted by molar-refractivity contribution is 9.10. The Hall–Kier alpha value is -1.07. The van der Waals surface area contributed by atoms with E-state index in [1.165, 1.54) is 7.11 Å². The molecule has 0 aliphatic heterocycles. The summed E-state index contributed by atoms with van der Waals surface area (Å²) >= 11 is 3.32. The van der Waals surface area contributed by atoms with Crippen molar-refractivity contribution in [3.05, 3.63) is 28.2 Å². The first-order chi connectivity index (χ1) is 7.60. The Morgan fingerprint density at radius 2 is 2.25 bits per heavy atom. The number of rotatable bonds is 4. The fourth-order valence-corrected chi connectivity index (χ4v) is 1.69. The van der Waals surface area contributed by atoms with Gasteiger partial charge in [0.15, 0.2) is 0 Å². The predicted molar refractivity (Wildman–Crippen MR) is 64.3 cm³/mol. The molecule has 0 saturated carbocycles. The van der Waals surface area contributed by atoms with Crippen LogP contribution < -0.4 is 10.5 Å². The van der Waals surface area contributed by atoms with Gasteiger partial charge in [-0.05, 0) is 25.1 Å². The van der Waals surface area contributed by atoms with Gasteiger partial charge < -0.3 is 15.2 Å². The average Bonchev–Trinajstić information content (AvgIpc) is 2.28. The lowest BCUT2D eigenvalue weighted by atomic mass is 10.1. The van der Waals surface area contributed by atoms with Crippen molar-refractivity contribution in [1.82, 2.24) is 0 Å². The second kappa shape index (κ2) is 5.86. The summed E-state index contributed by atoms with van der Waals surface area (Å²) in [6.45, 7) is 2.05. The van der Waals surface area contributed by atoms with Gasteiger partial charge in [0.05, 0.1) is 13.7 Å². The lowest BCUT2D eigenvalue weighted by Gasteiger charge is -2.14. The molecule has 0 aromatic heterocycles. The minimum Gasteiger partial charge on any atom is -0.496 e. The van der Waals surface area contributed by atoms with Gasteiger partial charge >= 0.3 is 5.97 Å². The molecule has 0 radical (unpaired) electrons. The van der Waals surface area contributed by atoms with E-state index >= 15 is 0 Å². The van der Waals surface area contributed by atoms with Crippen molar-refractivity contribution in [3.63, 3.8) is 0 Å². The highest BCUT2D eigenvalue weighted by atomic mass is 79.9. The van der Waals surface area contributed by atoms with E-state index in [1.54, 1.807) is 19.1 Å². The van der Waals surface area contributed by atoms with Crippen LogP contribution in [0.2, 0.25) is 0 Å². The van der Waals surface area contributed by atoms with Gasteiger partial charge in [0.1, 0.15) is 11.8 Å². The van der Waals surface area contributed by atoms with Crippen LogP contribution in [0.5, 0.6) is 5.75 Å². The van der Waals surface area contributed by atoms with Gasteiger partial charge in [-0.15, -0.1) is 0 Å². The number of ether oxygens (including phenoxy) is 2. The van der Waals surface area contributed by atoms with Crippen LogP contribution in [0.3, 0.4) is 0 Å². The third-order valence-electron chi connectivity index (χ3n) is 2.07. The minimum atomic E-state index is -0.826. The SMILES string of the molecule is CCOC(=O)C(N)c1cc(Br)ccc1OC. The Balaban J connectivity index is 3.01. The molecule has 5 heteroatoms. The zero-order chi connectivity index (χ0) is 12.1. The first-order valence-electron chi connectivity index (χ1n) is 4.85. The topological polar surface area (TPSA) is 61.5 Å². The Morgan fingerprint density at radius 1 is 1.56 bits per heavy atom. The van der Waals surface area contributed by atoms with E-state index in [0.29, 0.717) is 17.9 Å². The fourth-order valence-electron chi connectivity index (χ4n) is 1.31. The van der Waals surface area contributed by atoms with Crippen LogP contribution >= 0.6 is 15.9 Å². The molecule has 1 rings (SSSR count). The van der Waals surface area contributed by atoms with E-state index < -0.39 is 12.0 Å². The summed E-state index contributed by atoms with van der Waals surface area (Å²) < 4.78 is 10.8. The van der Waals surface area contributed by atoms with Gasteiger partial charge in [-0.1, -0.05) is 15.9 Å². The predicted octanol–water partition coefficient (Wildman–Crippen LogP) is 2.02. The van der Waals surface area contributed by atoms with Gasteiger partial charge in [-0.2, -0.15) is 0 Å². The maximum absolute atomic E-state index is 11.5. The number of hydrogen-bond acceptors (Lipinski definition) is 4. The number of carbonyl (C=O) groups is 1. The van der Waals surface area contributed by atoms with E-state index in [4.69, 9.17) is 15.2 Å². The minimum absolute atomic E-state index is 0.308. The molecule has 0 fully saturated rings. The molecular formula is C11H14BrNO3. The Morgan fingerprint density at radius 3 is 2.81 bits per heavy atom. The second-order valence-electron chi connectivity index (χ2n) is 3.12. The smallest absolute Gasteiger partial charge is 0.327 e. The van der Waals surface area contributed by atoms with Crippen LogP contribution in [0.25, 0.3) is 0 Å². The van der Waals surface area contributed by atoms with Crippen molar-refractivity contribution in [2.75, 3.05) is 13.7 Å². The molecule has 0 heterocycles. The van der Waals surface area contributed by atoms with E-state index in [-0.39, 0.29) is 0 Å². The summed E-state index contributed by atoms with van der Waals surface area (Å²) in [5.41, 5.74) is 6.40. The molecule has 0 spiro atoms. The van der Waals surface area contributed by atoms with E-state index in [2.05, 4.69) is 15.9 Å². The number of hydrogen-bond donors (Lipinski definition) is 1. The first-order valence-corrected chi connectivity index (χ1v) is 5.65. The molecule has 0 aliphatic carbocycles. The van der Waals surface area contributed by atoms with Crippen molar-refractivity contribution in [2.24, 2.45) is 5.73 Å². The maximum atomic E-state index is 11.5.